The number of benzene rings is 1. The second-order valence-corrected chi connectivity index (χ2v) is 9.14. The minimum absolute atomic E-state index is 0.0389. The van der Waals surface area contributed by atoms with E-state index in [-0.39, 0.29) is 18.1 Å². The van der Waals surface area contributed by atoms with E-state index < -0.39 is 17.8 Å². The van der Waals surface area contributed by atoms with Crippen molar-refractivity contribution >= 4 is 28.4 Å². The molecule has 4 aromatic rings. The minimum atomic E-state index is -4.64. The number of hydrogen-bond acceptors (Lipinski definition) is 6. The van der Waals surface area contributed by atoms with Gasteiger partial charge in [0, 0.05) is 68.8 Å². The fourth-order valence-corrected chi connectivity index (χ4v) is 4.36. The van der Waals surface area contributed by atoms with Crippen molar-refractivity contribution in [1.29, 1.82) is 0 Å². The first kappa shape index (κ1) is 25.4. The van der Waals surface area contributed by atoms with Gasteiger partial charge in [-0.15, -0.1) is 0 Å². The van der Waals surface area contributed by atoms with Gasteiger partial charge < -0.3 is 10.2 Å². The molecule has 0 spiro atoms. The number of anilines is 1. The van der Waals surface area contributed by atoms with Gasteiger partial charge in [-0.2, -0.15) is 23.4 Å². The third-order valence-corrected chi connectivity index (χ3v) is 6.27. The van der Waals surface area contributed by atoms with Gasteiger partial charge in [0.2, 0.25) is 5.91 Å². The molecule has 38 heavy (non-hydrogen) atoms. The van der Waals surface area contributed by atoms with E-state index in [1.54, 1.807) is 33.8 Å². The lowest BCUT2D eigenvalue weighted by Crippen LogP contribution is -2.49. The topological polar surface area (TPSA) is 101 Å². The van der Waals surface area contributed by atoms with Crippen LogP contribution in [0, 0.1) is 0 Å². The lowest BCUT2D eigenvalue weighted by molar-refractivity contribution is -0.141. The van der Waals surface area contributed by atoms with Gasteiger partial charge in [-0.25, -0.2) is 4.98 Å². The summed E-state index contributed by atoms with van der Waals surface area (Å²) in [6.07, 6.45) is 0.886. The van der Waals surface area contributed by atoms with E-state index in [0.29, 0.717) is 29.7 Å². The third-order valence-electron chi connectivity index (χ3n) is 6.27. The Morgan fingerprint density at radius 3 is 2.55 bits per heavy atom. The predicted molar refractivity (Wildman–Crippen MR) is 132 cm³/mol. The van der Waals surface area contributed by atoms with Crippen molar-refractivity contribution in [3.63, 3.8) is 0 Å². The zero-order valence-electron chi connectivity index (χ0n) is 20.5. The van der Waals surface area contributed by atoms with Crippen molar-refractivity contribution < 1.29 is 22.8 Å². The Kier molecular flexibility index (Phi) is 6.85. The van der Waals surface area contributed by atoms with Crippen molar-refractivity contribution in [1.82, 2.24) is 34.3 Å². The molecule has 198 valence electrons. The number of fused-ring (bicyclic) bond motifs is 1. The number of piperazine rings is 1. The van der Waals surface area contributed by atoms with Crippen LogP contribution < -0.4 is 5.32 Å². The second kappa shape index (κ2) is 10.2. The summed E-state index contributed by atoms with van der Waals surface area (Å²) < 4.78 is 42.0. The van der Waals surface area contributed by atoms with Crippen LogP contribution in [0.25, 0.3) is 10.9 Å². The quantitative estimate of drug-likeness (QED) is 0.415. The highest BCUT2D eigenvalue weighted by Gasteiger charge is 2.33. The highest BCUT2D eigenvalue weighted by Crippen LogP contribution is 2.27. The predicted octanol–water partition coefficient (Wildman–Crippen LogP) is 2.78. The summed E-state index contributed by atoms with van der Waals surface area (Å²) in [6.45, 7) is 3.66. The Balaban J connectivity index is 1.18. The molecule has 1 aliphatic heterocycles. The van der Waals surface area contributed by atoms with Crippen molar-refractivity contribution in [3.8, 4) is 0 Å². The van der Waals surface area contributed by atoms with Crippen LogP contribution in [-0.2, 0) is 31.1 Å². The number of pyridine rings is 1. The number of carbonyl (C=O) groups excluding carboxylic acids is 2. The molecule has 1 aromatic carbocycles. The molecule has 1 N–H and O–H groups in total. The van der Waals surface area contributed by atoms with Crippen molar-refractivity contribution in [2.24, 2.45) is 7.05 Å². The smallest absolute Gasteiger partial charge is 0.339 e. The summed E-state index contributed by atoms with van der Waals surface area (Å²) in [5.41, 5.74) is 0.645. The van der Waals surface area contributed by atoms with Crippen LogP contribution in [0.1, 0.15) is 21.7 Å². The summed E-state index contributed by atoms with van der Waals surface area (Å²) in [6, 6.07) is 8.06. The van der Waals surface area contributed by atoms with Crippen LogP contribution >= 0.6 is 0 Å². The zero-order chi connectivity index (χ0) is 26.9. The van der Waals surface area contributed by atoms with Crippen molar-refractivity contribution in [2.45, 2.75) is 19.3 Å². The van der Waals surface area contributed by atoms with Gasteiger partial charge in [-0.3, -0.25) is 23.9 Å². The Labute approximate surface area is 215 Å². The van der Waals surface area contributed by atoms with E-state index >= 15 is 0 Å². The van der Waals surface area contributed by atoms with E-state index in [0.717, 1.165) is 37.3 Å². The maximum Gasteiger partial charge on any atom is 0.433 e. The number of alkyl halides is 3. The Bertz CT molecular complexity index is 1470. The number of nitrogens with zero attached hydrogens (tertiary/aromatic N) is 7. The number of halogens is 3. The molecule has 0 unspecified atom stereocenters. The van der Waals surface area contributed by atoms with Crippen LogP contribution in [-0.4, -0.2) is 72.3 Å². The second-order valence-electron chi connectivity index (χ2n) is 9.14. The number of aryl methyl sites for hydroxylation is 1. The molecule has 1 saturated heterocycles. The standard InChI is InChI=1S/C25H25F3N8O2/c1-33-13-17(12-29-33)14-34-7-9-35(10-8-34)23(37)16-36-15-18-11-19(5-6-20(18)32-36)30-24(38)21-3-2-4-22(31-21)25(26,27)28/h2-6,11-13,15H,7-10,14,16H2,1H3,(H,30,38). The van der Waals surface area contributed by atoms with E-state index in [1.165, 1.54) is 6.07 Å². The van der Waals surface area contributed by atoms with Crippen LogP contribution in [0.5, 0.6) is 0 Å². The largest absolute Gasteiger partial charge is 0.433 e. The average molecular weight is 527 g/mol. The van der Waals surface area contributed by atoms with E-state index in [4.69, 9.17) is 0 Å². The lowest BCUT2D eigenvalue weighted by atomic mass is 10.2. The van der Waals surface area contributed by atoms with Gasteiger partial charge in [0.1, 0.15) is 17.9 Å². The Morgan fingerprint density at radius 2 is 1.84 bits per heavy atom. The van der Waals surface area contributed by atoms with E-state index in [2.05, 4.69) is 25.4 Å². The monoisotopic (exact) mass is 526 g/mol. The van der Waals surface area contributed by atoms with Gasteiger partial charge in [0.15, 0.2) is 0 Å². The summed E-state index contributed by atoms with van der Waals surface area (Å²) in [5.74, 6) is -0.802. The van der Waals surface area contributed by atoms with Gasteiger partial charge in [-0.1, -0.05) is 6.07 Å². The first-order valence-electron chi connectivity index (χ1n) is 11.9. The molecule has 3 aromatic heterocycles. The molecule has 4 heterocycles. The minimum Gasteiger partial charge on any atom is -0.339 e. The van der Waals surface area contributed by atoms with Gasteiger partial charge in [0.25, 0.3) is 5.91 Å². The Hall–Kier alpha value is -4.26. The average Bonchev–Trinajstić information content (AvgIpc) is 3.48. The van der Waals surface area contributed by atoms with Crippen LogP contribution in [0.15, 0.2) is 55.0 Å². The molecular weight excluding hydrogens is 501 g/mol. The first-order valence-corrected chi connectivity index (χ1v) is 11.9. The number of hydrogen-bond donors (Lipinski definition) is 1. The van der Waals surface area contributed by atoms with Gasteiger partial charge in [-0.05, 0) is 30.3 Å². The van der Waals surface area contributed by atoms with E-state index in [1.807, 2.05) is 24.3 Å². The molecule has 5 rings (SSSR count). The molecule has 13 heteroatoms. The molecule has 1 fully saturated rings. The van der Waals surface area contributed by atoms with E-state index in [9.17, 15) is 22.8 Å². The summed E-state index contributed by atoms with van der Waals surface area (Å²) in [5, 5.41) is 11.9. The normalized spacial score (nSPS) is 14.7. The summed E-state index contributed by atoms with van der Waals surface area (Å²) in [4.78, 5) is 32.8. The molecule has 1 aliphatic rings. The summed E-state index contributed by atoms with van der Waals surface area (Å²) >= 11 is 0. The fraction of sp³-hybridized carbons (Fsp3) is 0.320. The van der Waals surface area contributed by atoms with Crippen LogP contribution in [0.4, 0.5) is 18.9 Å². The lowest BCUT2D eigenvalue weighted by Gasteiger charge is -2.34. The SMILES string of the molecule is Cn1cc(CN2CCN(C(=O)Cn3cc4cc(NC(=O)c5cccc(C(F)(F)F)n5)ccc4n3)CC2)cn1. The van der Waals surface area contributed by atoms with Crippen LogP contribution in [0.3, 0.4) is 0 Å². The number of carbonyl (C=O) groups is 2. The fourth-order valence-electron chi connectivity index (χ4n) is 4.36. The number of aromatic nitrogens is 5. The molecular formula is C25H25F3N8O2. The zero-order valence-corrected chi connectivity index (χ0v) is 20.5. The van der Waals surface area contributed by atoms with Gasteiger partial charge >= 0.3 is 6.18 Å². The van der Waals surface area contributed by atoms with Crippen LogP contribution in [0.2, 0.25) is 0 Å². The van der Waals surface area contributed by atoms with Gasteiger partial charge in [0.05, 0.1) is 11.7 Å². The third kappa shape index (κ3) is 5.83. The highest BCUT2D eigenvalue weighted by molar-refractivity contribution is 6.03. The van der Waals surface area contributed by atoms with Crippen molar-refractivity contribution in [3.05, 3.63) is 71.9 Å². The highest BCUT2D eigenvalue weighted by atomic mass is 19.4. The molecule has 0 atom stereocenters. The maximum absolute atomic E-state index is 12.9. The molecule has 0 bridgehead atoms. The number of rotatable bonds is 6. The molecule has 0 radical (unpaired) electrons. The maximum atomic E-state index is 12.9. The molecule has 2 amide bonds. The molecule has 0 aliphatic carbocycles. The number of nitrogens with one attached hydrogen (secondary N) is 1. The Morgan fingerprint density at radius 1 is 1.05 bits per heavy atom. The van der Waals surface area contributed by atoms with Crippen molar-refractivity contribution in [2.75, 3.05) is 31.5 Å². The first-order chi connectivity index (χ1) is 18.1. The molecule has 0 saturated carbocycles. The summed E-state index contributed by atoms with van der Waals surface area (Å²) in [7, 11) is 1.88. The number of amides is 2. The molecule has 10 nitrogen and oxygen atoms in total.